The second-order valence-corrected chi connectivity index (χ2v) is 5.74. The summed E-state index contributed by atoms with van der Waals surface area (Å²) in [7, 11) is 0. The van der Waals surface area contributed by atoms with Gasteiger partial charge in [-0.1, -0.05) is 57.9 Å². The van der Waals surface area contributed by atoms with E-state index in [0.29, 0.717) is 18.6 Å². The van der Waals surface area contributed by atoms with Gasteiger partial charge in [0.2, 0.25) is 0 Å². The molecule has 19 heavy (non-hydrogen) atoms. The minimum Gasteiger partial charge on any atom is -0.299 e. The Kier molecular flexibility index (Phi) is 4.92. The lowest BCUT2D eigenvalue weighted by Gasteiger charge is -2.03. The zero-order valence-electron chi connectivity index (χ0n) is 11.0. The summed E-state index contributed by atoms with van der Waals surface area (Å²) in [5.74, 6) is 0.294. The summed E-state index contributed by atoms with van der Waals surface area (Å²) in [6.45, 7) is 2.07. The van der Waals surface area contributed by atoms with Crippen LogP contribution in [0.4, 0.5) is 0 Å². The standard InChI is InChI=1S/C17H17BrO/c1-13-2-4-14(5-3-13)8-11-17(19)12-15-6-9-16(18)10-7-15/h2-7,9-10H,8,11-12H2,1H3. The molecule has 2 aromatic carbocycles. The van der Waals surface area contributed by atoms with Gasteiger partial charge in [0, 0.05) is 17.3 Å². The molecule has 0 heterocycles. The number of ketones is 1. The molecule has 0 unspecified atom stereocenters. The second-order valence-electron chi connectivity index (χ2n) is 4.83. The smallest absolute Gasteiger partial charge is 0.137 e. The van der Waals surface area contributed by atoms with Gasteiger partial charge in [-0.3, -0.25) is 4.79 Å². The molecule has 0 atom stereocenters. The predicted octanol–water partition coefficient (Wildman–Crippen LogP) is 4.50. The van der Waals surface area contributed by atoms with Crippen LogP contribution in [-0.4, -0.2) is 5.78 Å². The van der Waals surface area contributed by atoms with Crippen LogP contribution in [0.5, 0.6) is 0 Å². The van der Waals surface area contributed by atoms with E-state index in [1.165, 1.54) is 11.1 Å². The van der Waals surface area contributed by atoms with Crippen molar-refractivity contribution >= 4 is 21.7 Å². The van der Waals surface area contributed by atoms with Crippen molar-refractivity contribution in [3.05, 3.63) is 69.7 Å². The molecule has 0 spiro atoms. The first kappa shape index (κ1) is 14.0. The molecule has 0 aliphatic heterocycles. The highest BCUT2D eigenvalue weighted by Crippen LogP contribution is 2.12. The average molecular weight is 317 g/mol. The summed E-state index contributed by atoms with van der Waals surface area (Å²) in [6.07, 6.45) is 1.97. The molecule has 0 saturated carbocycles. The number of hydrogen-bond acceptors (Lipinski definition) is 1. The fourth-order valence-electron chi connectivity index (χ4n) is 1.96. The summed E-state index contributed by atoms with van der Waals surface area (Å²) in [6, 6.07) is 16.3. The van der Waals surface area contributed by atoms with Gasteiger partial charge in [0.15, 0.2) is 0 Å². The normalized spacial score (nSPS) is 10.4. The molecule has 0 radical (unpaired) electrons. The molecule has 0 saturated heterocycles. The summed E-state index contributed by atoms with van der Waals surface area (Å²) >= 11 is 3.39. The quantitative estimate of drug-likeness (QED) is 0.793. The molecule has 0 aliphatic rings. The molecule has 0 amide bonds. The molecule has 0 aliphatic carbocycles. The number of carbonyl (C=O) groups excluding carboxylic acids is 1. The topological polar surface area (TPSA) is 17.1 Å². The van der Waals surface area contributed by atoms with E-state index in [2.05, 4.69) is 47.1 Å². The van der Waals surface area contributed by atoms with Crippen LogP contribution in [0.3, 0.4) is 0 Å². The highest BCUT2D eigenvalue weighted by molar-refractivity contribution is 9.10. The van der Waals surface area contributed by atoms with Crippen molar-refractivity contribution in [1.82, 2.24) is 0 Å². The average Bonchev–Trinajstić information content (AvgIpc) is 2.41. The molecule has 2 rings (SSSR count). The third-order valence-electron chi connectivity index (χ3n) is 3.13. The number of halogens is 1. The number of Topliss-reactive ketones (excluding diaryl/α,β-unsaturated/α-hetero) is 1. The lowest BCUT2D eigenvalue weighted by molar-refractivity contribution is -0.118. The fraction of sp³-hybridized carbons (Fsp3) is 0.235. The first-order chi connectivity index (χ1) is 9.13. The van der Waals surface area contributed by atoms with Gasteiger partial charge in [-0.25, -0.2) is 0 Å². The van der Waals surface area contributed by atoms with E-state index in [4.69, 9.17) is 0 Å². The van der Waals surface area contributed by atoms with E-state index in [1.807, 2.05) is 24.3 Å². The number of benzene rings is 2. The molecule has 0 fully saturated rings. The Bertz CT molecular complexity index is 540. The van der Waals surface area contributed by atoms with Crippen LogP contribution in [0.2, 0.25) is 0 Å². The zero-order chi connectivity index (χ0) is 13.7. The lowest BCUT2D eigenvalue weighted by Crippen LogP contribution is -2.04. The van der Waals surface area contributed by atoms with Gasteiger partial charge in [0.05, 0.1) is 0 Å². The predicted molar refractivity (Wildman–Crippen MR) is 82.4 cm³/mol. The van der Waals surface area contributed by atoms with E-state index in [9.17, 15) is 4.79 Å². The van der Waals surface area contributed by atoms with Crippen molar-refractivity contribution < 1.29 is 4.79 Å². The van der Waals surface area contributed by atoms with Crippen LogP contribution >= 0.6 is 15.9 Å². The second kappa shape index (κ2) is 6.67. The molecule has 2 heteroatoms. The summed E-state index contributed by atoms with van der Waals surface area (Å²) in [4.78, 5) is 11.9. The van der Waals surface area contributed by atoms with Crippen molar-refractivity contribution in [2.75, 3.05) is 0 Å². The van der Waals surface area contributed by atoms with Gasteiger partial charge in [-0.2, -0.15) is 0 Å². The Morgan fingerprint density at radius 1 is 0.947 bits per heavy atom. The largest absolute Gasteiger partial charge is 0.299 e. The maximum Gasteiger partial charge on any atom is 0.137 e. The first-order valence-electron chi connectivity index (χ1n) is 6.45. The van der Waals surface area contributed by atoms with Crippen molar-refractivity contribution in [3.8, 4) is 0 Å². The number of rotatable bonds is 5. The van der Waals surface area contributed by atoms with Gasteiger partial charge < -0.3 is 0 Å². The molecule has 0 bridgehead atoms. The number of hydrogen-bond donors (Lipinski definition) is 0. The highest BCUT2D eigenvalue weighted by Gasteiger charge is 2.04. The molecular formula is C17H17BrO. The van der Waals surface area contributed by atoms with Crippen LogP contribution < -0.4 is 0 Å². The van der Waals surface area contributed by atoms with Crippen molar-refractivity contribution in [2.24, 2.45) is 0 Å². The number of carbonyl (C=O) groups is 1. The number of aryl methyl sites for hydroxylation is 2. The molecule has 0 aromatic heterocycles. The molecule has 1 nitrogen and oxygen atoms in total. The molecular weight excluding hydrogens is 300 g/mol. The van der Waals surface area contributed by atoms with Gasteiger partial charge in [0.1, 0.15) is 5.78 Å². The summed E-state index contributed by atoms with van der Waals surface area (Å²) in [5.41, 5.74) is 3.57. The van der Waals surface area contributed by atoms with Crippen LogP contribution in [0.25, 0.3) is 0 Å². The maximum atomic E-state index is 11.9. The Labute approximate surface area is 122 Å². The van der Waals surface area contributed by atoms with E-state index in [-0.39, 0.29) is 0 Å². The van der Waals surface area contributed by atoms with Crippen molar-refractivity contribution in [2.45, 2.75) is 26.2 Å². The third-order valence-corrected chi connectivity index (χ3v) is 3.66. The monoisotopic (exact) mass is 316 g/mol. The van der Waals surface area contributed by atoms with E-state index in [1.54, 1.807) is 0 Å². The fourth-order valence-corrected chi connectivity index (χ4v) is 2.22. The van der Waals surface area contributed by atoms with Crippen LogP contribution in [-0.2, 0) is 17.6 Å². The Hall–Kier alpha value is -1.41. The van der Waals surface area contributed by atoms with Crippen molar-refractivity contribution in [1.29, 1.82) is 0 Å². The van der Waals surface area contributed by atoms with Crippen LogP contribution in [0.15, 0.2) is 53.0 Å². The van der Waals surface area contributed by atoms with Gasteiger partial charge in [0.25, 0.3) is 0 Å². The van der Waals surface area contributed by atoms with Crippen LogP contribution in [0, 0.1) is 6.92 Å². The molecule has 0 N–H and O–H groups in total. The summed E-state index contributed by atoms with van der Waals surface area (Å²) < 4.78 is 1.04. The van der Waals surface area contributed by atoms with E-state index >= 15 is 0 Å². The van der Waals surface area contributed by atoms with E-state index < -0.39 is 0 Å². The van der Waals surface area contributed by atoms with Crippen LogP contribution in [0.1, 0.15) is 23.1 Å². The minimum atomic E-state index is 0.294. The highest BCUT2D eigenvalue weighted by atomic mass is 79.9. The maximum absolute atomic E-state index is 11.9. The minimum absolute atomic E-state index is 0.294. The Morgan fingerprint density at radius 3 is 2.16 bits per heavy atom. The van der Waals surface area contributed by atoms with Gasteiger partial charge >= 0.3 is 0 Å². The summed E-state index contributed by atoms with van der Waals surface area (Å²) in [5, 5.41) is 0. The third kappa shape index (κ3) is 4.64. The van der Waals surface area contributed by atoms with Gasteiger partial charge in [-0.15, -0.1) is 0 Å². The molecule has 98 valence electrons. The zero-order valence-corrected chi connectivity index (χ0v) is 12.6. The van der Waals surface area contributed by atoms with Gasteiger partial charge in [-0.05, 0) is 36.6 Å². The lowest BCUT2D eigenvalue weighted by atomic mass is 10.0. The molecule has 2 aromatic rings. The van der Waals surface area contributed by atoms with Crippen molar-refractivity contribution in [3.63, 3.8) is 0 Å². The Morgan fingerprint density at radius 2 is 1.53 bits per heavy atom. The SMILES string of the molecule is Cc1ccc(CCC(=O)Cc2ccc(Br)cc2)cc1. The first-order valence-corrected chi connectivity index (χ1v) is 7.24. The van der Waals surface area contributed by atoms with E-state index in [0.717, 1.165) is 16.5 Å². The Balaban J connectivity index is 1.84.